The number of hydrogen-bond acceptors (Lipinski definition) is 2. The van der Waals surface area contributed by atoms with Gasteiger partial charge in [-0.05, 0) is 30.0 Å². The largest absolute Gasteiger partial charge is 0.493 e. The van der Waals surface area contributed by atoms with Crippen molar-refractivity contribution in [3.05, 3.63) is 29.6 Å². The predicted octanol–water partition coefficient (Wildman–Crippen LogP) is 4.14. The molecule has 0 aliphatic rings. The molecule has 0 heterocycles. The van der Waals surface area contributed by atoms with Crippen molar-refractivity contribution >= 4 is 0 Å². The Morgan fingerprint density at radius 2 is 1.95 bits per heavy atom. The first-order valence-electron chi connectivity index (χ1n) is 6.92. The highest BCUT2D eigenvalue weighted by Gasteiger charge is 2.11. The van der Waals surface area contributed by atoms with Crippen LogP contribution in [-0.2, 0) is 6.54 Å². The molecule has 0 radical (unpaired) electrons. The Morgan fingerprint density at radius 3 is 2.53 bits per heavy atom. The molecule has 0 spiro atoms. The van der Waals surface area contributed by atoms with Crippen LogP contribution in [0.3, 0.4) is 0 Å². The average molecular weight is 267 g/mol. The molecule has 0 bridgehead atoms. The maximum Gasteiger partial charge on any atom is 0.123 e. The van der Waals surface area contributed by atoms with E-state index in [1.54, 1.807) is 12.1 Å². The van der Waals surface area contributed by atoms with E-state index in [2.05, 4.69) is 39.9 Å². The van der Waals surface area contributed by atoms with E-state index in [1.807, 2.05) is 0 Å². The fourth-order valence-electron chi connectivity index (χ4n) is 1.61. The van der Waals surface area contributed by atoms with Gasteiger partial charge in [-0.2, -0.15) is 0 Å². The van der Waals surface area contributed by atoms with Crippen molar-refractivity contribution in [1.82, 2.24) is 5.32 Å². The van der Waals surface area contributed by atoms with E-state index in [4.69, 9.17) is 4.74 Å². The molecule has 1 N–H and O–H groups in total. The lowest BCUT2D eigenvalue weighted by molar-refractivity contribution is 0.240. The minimum atomic E-state index is -0.219. The van der Waals surface area contributed by atoms with Crippen molar-refractivity contribution in [3.63, 3.8) is 0 Å². The lowest BCUT2D eigenvalue weighted by Gasteiger charge is -2.19. The normalized spacial score (nSPS) is 11.9. The molecule has 0 saturated heterocycles. The Morgan fingerprint density at radius 1 is 1.26 bits per heavy atom. The second kappa shape index (κ2) is 6.90. The highest BCUT2D eigenvalue weighted by molar-refractivity contribution is 5.34. The van der Waals surface area contributed by atoms with Crippen LogP contribution in [0.5, 0.6) is 5.75 Å². The molecule has 0 unspecified atom stereocenters. The standard InChI is InChI=1S/C16H26FNO/c1-12(2)18-11-13-10-14(17)6-7-15(13)19-9-8-16(3,4)5/h6-7,10,12,18H,8-9,11H2,1-5H3. The predicted molar refractivity (Wildman–Crippen MR) is 77.9 cm³/mol. The van der Waals surface area contributed by atoms with E-state index in [0.29, 0.717) is 19.2 Å². The van der Waals surface area contributed by atoms with Crippen LogP contribution >= 0.6 is 0 Å². The third-order valence-corrected chi connectivity index (χ3v) is 2.83. The van der Waals surface area contributed by atoms with Crippen LogP contribution < -0.4 is 10.1 Å². The molecular weight excluding hydrogens is 241 g/mol. The van der Waals surface area contributed by atoms with E-state index in [1.165, 1.54) is 6.07 Å². The van der Waals surface area contributed by atoms with Gasteiger partial charge in [-0.15, -0.1) is 0 Å². The van der Waals surface area contributed by atoms with Crippen LogP contribution in [0.25, 0.3) is 0 Å². The van der Waals surface area contributed by atoms with Crippen LogP contribution in [0.1, 0.15) is 46.6 Å². The molecule has 0 amide bonds. The maximum absolute atomic E-state index is 13.3. The molecule has 1 aromatic rings. The van der Waals surface area contributed by atoms with Crippen LogP contribution in [0.4, 0.5) is 4.39 Å². The number of benzene rings is 1. The topological polar surface area (TPSA) is 21.3 Å². The summed E-state index contributed by atoms with van der Waals surface area (Å²) in [6.07, 6.45) is 0.974. The highest BCUT2D eigenvalue weighted by Crippen LogP contribution is 2.23. The number of nitrogens with one attached hydrogen (secondary N) is 1. The Kier molecular flexibility index (Phi) is 5.80. The number of ether oxygens (including phenoxy) is 1. The van der Waals surface area contributed by atoms with Crippen molar-refractivity contribution < 1.29 is 9.13 Å². The lowest BCUT2D eigenvalue weighted by Crippen LogP contribution is -2.22. The van der Waals surface area contributed by atoms with E-state index in [-0.39, 0.29) is 11.2 Å². The summed E-state index contributed by atoms with van der Waals surface area (Å²) in [6.45, 7) is 12.0. The van der Waals surface area contributed by atoms with Crippen molar-refractivity contribution in [2.75, 3.05) is 6.61 Å². The third-order valence-electron chi connectivity index (χ3n) is 2.83. The van der Waals surface area contributed by atoms with Crippen LogP contribution in [-0.4, -0.2) is 12.6 Å². The van der Waals surface area contributed by atoms with Crippen molar-refractivity contribution in [1.29, 1.82) is 0 Å². The van der Waals surface area contributed by atoms with E-state index in [9.17, 15) is 4.39 Å². The second-order valence-electron chi connectivity index (χ2n) is 6.45. The van der Waals surface area contributed by atoms with Gasteiger partial charge in [0.25, 0.3) is 0 Å². The molecule has 0 aromatic heterocycles. The van der Waals surface area contributed by atoms with E-state index < -0.39 is 0 Å². The second-order valence-corrected chi connectivity index (χ2v) is 6.45. The smallest absolute Gasteiger partial charge is 0.123 e. The zero-order valence-electron chi connectivity index (χ0n) is 12.7. The Bertz CT molecular complexity index is 396. The monoisotopic (exact) mass is 267 g/mol. The quantitative estimate of drug-likeness (QED) is 0.836. The molecule has 108 valence electrons. The zero-order chi connectivity index (χ0) is 14.5. The fourth-order valence-corrected chi connectivity index (χ4v) is 1.61. The lowest BCUT2D eigenvalue weighted by atomic mass is 9.93. The SMILES string of the molecule is CC(C)NCc1cc(F)ccc1OCCC(C)(C)C. The van der Waals surface area contributed by atoms with Gasteiger partial charge >= 0.3 is 0 Å². The molecule has 1 rings (SSSR count). The van der Waals surface area contributed by atoms with Crippen molar-refractivity contribution in [2.24, 2.45) is 5.41 Å². The van der Waals surface area contributed by atoms with E-state index in [0.717, 1.165) is 17.7 Å². The molecule has 3 heteroatoms. The molecule has 0 atom stereocenters. The highest BCUT2D eigenvalue weighted by atomic mass is 19.1. The third kappa shape index (κ3) is 6.58. The first kappa shape index (κ1) is 16.0. The van der Waals surface area contributed by atoms with Gasteiger partial charge in [0, 0.05) is 18.2 Å². The minimum Gasteiger partial charge on any atom is -0.493 e. The van der Waals surface area contributed by atoms with Gasteiger partial charge in [-0.25, -0.2) is 4.39 Å². The molecule has 19 heavy (non-hydrogen) atoms. The summed E-state index contributed by atoms with van der Waals surface area (Å²) in [7, 11) is 0. The zero-order valence-corrected chi connectivity index (χ0v) is 12.7. The van der Waals surface area contributed by atoms with Gasteiger partial charge in [0.05, 0.1) is 6.61 Å². The molecule has 0 fully saturated rings. The first-order chi connectivity index (χ1) is 8.78. The Balaban J connectivity index is 2.65. The van der Waals surface area contributed by atoms with Crippen LogP contribution in [0.2, 0.25) is 0 Å². The Labute approximate surface area is 116 Å². The van der Waals surface area contributed by atoms with E-state index >= 15 is 0 Å². The van der Waals surface area contributed by atoms with Crippen molar-refractivity contribution in [3.8, 4) is 5.75 Å². The summed E-state index contributed by atoms with van der Waals surface area (Å²) in [6, 6.07) is 5.08. The van der Waals surface area contributed by atoms with Gasteiger partial charge in [0.15, 0.2) is 0 Å². The van der Waals surface area contributed by atoms with Gasteiger partial charge in [0.1, 0.15) is 11.6 Å². The first-order valence-corrected chi connectivity index (χ1v) is 6.92. The summed E-state index contributed by atoms with van der Waals surface area (Å²) in [5, 5.41) is 3.29. The van der Waals surface area contributed by atoms with Gasteiger partial charge in [-0.3, -0.25) is 0 Å². The molecule has 0 saturated carbocycles. The molecule has 0 aliphatic carbocycles. The average Bonchev–Trinajstić information content (AvgIpc) is 2.27. The molecule has 0 aliphatic heterocycles. The Hall–Kier alpha value is -1.09. The van der Waals surface area contributed by atoms with Crippen LogP contribution in [0, 0.1) is 11.2 Å². The van der Waals surface area contributed by atoms with Crippen molar-refractivity contribution in [2.45, 2.75) is 53.6 Å². The molecule has 1 aromatic carbocycles. The van der Waals surface area contributed by atoms with Crippen LogP contribution in [0.15, 0.2) is 18.2 Å². The minimum absolute atomic E-state index is 0.219. The van der Waals surface area contributed by atoms with Gasteiger partial charge in [-0.1, -0.05) is 34.6 Å². The maximum atomic E-state index is 13.3. The molecule has 2 nitrogen and oxygen atoms in total. The van der Waals surface area contributed by atoms with Gasteiger partial charge < -0.3 is 10.1 Å². The number of halogens is 1. The summed E-state index contributed by atoms with van der Waals surface area (Å²) < 4.78 is 19.1. The summed E-state index contributed by atoms with van der Waals surface area (Å²) >= 11 is 0. The number of hydrogen-bond donors (Lipinski definition) is 1. The molecular formula is C16H26FNO. The summed E-state index contributed by atoms with van der Waals surface area (Å²) in [5.74, 6) is 0.558. The van der Waals surface area contributed by atoms with Gasteiger partial charge in [0.2, 0.25) is 0 Å². The summed E-state index contributed by atoms with van der Waals surface area (Å²) in [5.41, 5.74) is 1.12. The number of rotatable bonds is 6. The fraction of sp³-hybridized carbons (Fsp3) is 0.625. The summed E-state index contributed by atoms with van der Waals surface area (Å²) in [4.78, 5) is 0.